The van der Waals surface area contributed by atoms with E-state index in [1.54, 1.807) is 7.05 Å². The van der Waals surface area contributed by atoms with Crippen LogP contribution in [0, 0.1) is 0 Å². The number of likely N-dealkylation sites (N-methyl/N-ethyl adjacent to an activating group) is 1. The molecule has 2 rings (SSSR count). The molecule has 0 saturated carbocycles. The Hall–Kier alpha value is -2.04. The average Bonchev–Trinajstić information content (AvgIpc) is 2.43. The number of hydrogen-bond donors (Lipinski definition) is 1. The van der Waals surface area contributed by atoms with E-state index in [0.717, 1.165) is 11.1 Å². The van der Waals surface area contributed by atoms with Gasteiger partial charge >= 0.3 is 6.09 Å². The van der Waals surface area contributed by atoms with Crippen molar-refractivity contribution in [3.63, 3.8) is 0 Å². The molecule has 114 valence electrons. The van der Waals surface area contributed by atoms with Gasteiger partial charge in [0.1, 0.15) is 11.6 Å². The number of carbonyl (C=O) groups is 2. The lowest BCUT2D eigenvalue weighted by atomic mass is 9.94. The molecule has 1 unspecified atom stereocenters. The second-order valence-corrected chi connectivity index (χ2v) is 6.21. The van der Waals surface area contributed by atoms with E-state index < -0.39 is 17.7 Å². The van der Waals surface area contributed by atoms with Crippen LogP contribution in [-0.4, -0.2) is 35.6 Å². The van der Waals surface area contributed by atoms with Gasteiger partial charge in [-0.2, -0.15) is 0 Å². The first-order chi connectivity index (χ1) is 9.81. The lowest BCUT2D eigenvalue weighted by molar-refractivity contribution is -0.126. The van der Waals surface area contributed by atoms with Gasteiger partial charge in [0.15, 0.2) is 0 Å². The molecule has 0 saturated heterocycles. The number of amides is 2. The predicted molar refractivity (Wildman–Crippen MR) is 79.8 cm³/mol. The van der Waals surface area contributed by atoms with Gasteiger partial charge in [-0.3, -0.25) is 9.69 Å². The van der Waals surface area contributed by atoms with Gasteiger partial charge in [0, 0.05) is 13.5 Å². The molecule has 1 atom stereocenters. The third kappa shape index (κ3) is 3.54. The van der Waals surface area contributed by atoms with Crippen molar-refractivity contribution in [3.8, 4) is 0 Å². The first-order valence-electron chi connectivity index (χ1n) is 7.10. The second-order valence-electron chi connectivity index (χ2n) is 6.21. The predicted octanol–water partition coefficient (Wildman–Crippen LogP) is 2.09. The van der Waals surface area contributed by atoms with Crippen LogP contribution in [0.25, 0.3) is 0 Å². The molecule has 0 aromatic heterocycles. The monoisotopic (exact) mass is 290 g/mol. The minimum Gasteiger partial charge on any atom is -0.444 e. The first-order valence-corrected chi connectivity index (χ1v) is 7.10. The zero-order valence-electron chi connectivity index (χ0n) is 13.0. The Bertz CT molecular complexity index is 549. The van der Waals surface area contributed by atoms with E-state index in [1.807, 2.05) is 45.0 Å². The molecule has 5 nitrogen and oxygen atoms in total. The lowest BCUT2D eigenvalue weighted by Crippen LogP contribution is -2.53. The maximum atomic E-state index is 12.4. The van der Waals surface area contributed by atoms with Gasteiger partial charge in [-0.05, 0) is 31.9 Å². The molecule has 21 heavy (non-hydrogen) atoms. The van der Waals surface area contributed by atoms with Crippen molar-refractivity contribution in [1.82, 2.24) is 10.2 Å². The Morgan fingerprint density at radius 1 is 1.24 bits per heavy atom. The van der Waals surface area contributed by atoms with Crippen LogP contribution >= 0.6 is 0 Å². The molecular formula is C16H22N2O3. The molecule has 1 heterocycles. The summed E-state index contributed by atoms with van der Waals surface area (Å²) in [7, 11) is 1.58. The van der Waals surface area contributed by atoms with Gasteiger partial charge in [0.2, 0.25) is 5.91 Å². The van der Waals surface area contributed by atoms with Crippen LogP contribution < -0.4 is 5.32 Å². The number of nitrogens with zero attached hydrogens (tertiary/aromatic N) is 1. The number of carbonyl (C=O) groups excluding carboxylic acids is 2. The van der Waals surface area contributed by atoms with Crippen molar-refractivity contribution < 1.29 is 14.3 Å². The smallest absolute Gasteiger partial charge is 0.411 e. The molecule has 2 amide bonds. The third-order valence-electron chi connectivity index (χ3n) is 3.43. The van der Waals surface area contributed by atoms with Crippen molar-refractivity contribution in [2.24, 2.45) is 0 Å². The molecule has 0 aliphatic carbocycles. The van der Waals surface area contributed by atoms with Crippen molar-refractivity contribution in [3.05, 3.63) is 35.4 Å². The molecule has 1 aromatic rings. The average molecular weight is 290 g/mol. The summed E-state index contributed by atoms with van der Waals surface area (Å²) in [5.41, 5.74) is 1.58. The highest BCUT2D eigenvalue weighted by Crippen LogP contribution is 2.25. The fraction of sp³-hybridized carbons (Fsp3) is 0.500. The van der Waals surface area contributed by atoms with E-state index in [0.29, 0.717) is 13.0 Å². The summed E-state index contributed by atoms with van der Waals surface area (Å²) in [6.07, 6.45) is 0.0559. The van der Waals surface area contributed by atoms with Crippen LogP contribution in [0.5, 0.6) is 0 Å². The number of nitrogens with one attached hydrogen (secondary N) is 1. The SMILES string of the molecule is CNC(=O)C1Cc2ccccc2CN1C(=O)OC(C)(C)C. The van der Waals surface area contributed by atoms with Gasteiger partial charge in [-0.15, -0.1) is 0 Å². The van der Waals surface area contributed by atoms with Crippen molar-refractivity contribution in [2.75, 3.05) is 7.05 Å². The van der Waals surface area contributed by atoms with E-state index in [9.17, 15) is 9.59 Å². The normalized spacial score (nSPS) is 17.9. The summed E-state index contributed by atoms with van der Waals surface area (Å²) in [5.74, 6) is -0.171. The molecule has 5 heteroatoms. The fourth-order valence-electron chi connectivity index (χ4n) is 2.44. The zero-order chi connectivity index (χ0) is 15.6. The number of ether oxygens (including phenoxy) is 1. The lowest BCUT2D eigenvalue weighted by Gasteiger charge is -2.36. The molecule has 1 aliphatic rings. The van der Waals surface area contributed by atoms with Gasteiger partial charge < -0.3 is 10.1 Å². The van der Waals surface area contributed by atoms with E-state index in [2.05, 4.69) is 5.32 Å². The highest BCUT2D eigenvalue weighted by atomic mass is 16.6. The molecule has 1 aliphatic heterocycles. The minimum atomic E-state index is -0.582. The van der Waals surface area contributed by atoms with Crippen LogP contribution in [0.4, 0.5) is 4.79 Å². The molecule has 0 bridgehead atoms. The van der Waals surface area contributed by atoms with Crippen LogP contribution in [0.1, 0.15) is 31.9 Å². The Balaban J connectivity index is 2.28. The molecular weight excluding hydrogens is 268 g/mol. The summed E-state index contributed by atoms with van der Waals surface area (Å²) >= 11 is 0. The van der Waals surface area contributed by atoms with Crippen molar-refractivity contribution >= 4 is 12.0 Å². The maximum absolute atomic E-state index is 12.4. The quantitative estimate of drug-likeness (QED) is 0.861. The van der Waals surface area contributed by atoms with Gasteiger partial charge in [-0.1, -0.05) is 24.3 Å². The van der Waals surface area contributed by atoms with Gasteiger partial charge in [-0.25, -0.2) is 4.79 Å². The number of hydrogen-bond acceptors (Lipinski definition) is 3. The maximum Gasteiger partial charge on any atom is 0.411 e. The number of fused-ring (bicyclic) bond motifs is 1. The van der Waals surface area contributed by atoms with Gasteiger partial charge in [0.25, 0.3) is 0 Å². The summed E-state index contributed by atoms with van der Waals surface area (Å²) in [4.78, 5) is 26.0. The van der Waals surface area contributed by atoms with Gasteiger partial charge in [0.05, 0.1) is 6.54 Å². The summed E-state index contributed by atoms with van der Waals surface area (Å²) in [5, 5.41) is 2.62. The highest BCUT2D eigenvalue weighted by Gasteiger charge is 2.36. The van der Waals surface area contributed by atoms with Crippen LogP contribution in [0.2, 0.25) is 0 Å². The fourth-order valence-corrected chi connectivity index (χ4v) is 2.44. The molecule has 0 spiro atoms. The Morgan fingerprint density at radius 3 is 2.43 bits per heavy atom. The minimum absolute atomic E-state index is 0.171. The summed E-state index contributed by atoms with van der Waals surface area (Å²) in [6, 6.07) is 7.33. The van der Waals surface area contributed by atoms with Crippen LogP contribution in [-0.2, 0) is 22.5 Å². The molecule has 0 radical (unpaired) electrons. The second kappa shape index (κ2) is 5.76. The summed E-state index contributed by atoms with van der Waals surface area (Å²) < 4.78 is 5.42. The van der Waals surface area contributed by atoms with Crippen LogP contribution in [0.3, 0.4) is 0 Å². The van der Waals surface area contributed by atoms with E-state index in [4.69, 9.17) is 4.74 Å². The van der Waals surface area contributed by atoms with E-state index in [-0.39, 0.29) is 5.91 Å². The molecule has 1 aromatic carbocycles. The summed E-state index contributed by atoms with van der Waals surface area (Å²) in [6.45, 7) is 5.84. The molecule has 1 N–H and O–H groups in total. The largest absolute Gasteiger partial charge is 0.444 e. The van der Waals surface area contributed by atoms with E-state index >= 15 is 0 Å². The number of rotatable bonds is 1. The standard InChI is InChI=1S/C16H22N2O3/c1-16(2,3)21-15(20)18-10-12-8-6-5-7-11(12)9-13(18)14(19)17-4/h5-8,13H,9-10H2,1-4H3,(H,17,19). The van der Waals surface area contributed by atoms with Crippen LogP contribution in [0.15, 0.2) is 24.3 Å². The zero-order valence-corrected chi connectivity index (χ0v) is 13.0. The third-order valence-corrected chi connectivity index (χ3v) is 3.43. The first kappa shape index (κ1) is 15.4. The molecule has 0 fully saturated rings. The van der Waals surface area contributed by atoms with Crippen molar-refractivity contribution in [1.29, 1.82) is 0 Å². The topological polar surface area (TPSA) is 58.6 Å². The van der Waals surface area contributed by atoms with E-state index in [1.165, 1.54) is 4.90 Å². The Labute approximate surface area is 125 Å². The highest BCUT2D eigenvalue weighted by molar-refractivity contribution is 5.86. The Morgan fingerprint density at radius 2 is 1.86 bits per heavy atom. The Kier molecular flexibility index (Phi) is 4.21. The number of benzene rings is 1. The van der Waals surface area contributed by atoms with Crippen molar-refractivity contribution in [2.45, 2.75) is 45.4 Å².